The second-order valence-electron chi connectivity index (χ2n) is 3.28. The van der Waals surface area contributed by atoms with E-state index in [-0.39, 0.29) is 5.63 Å². The van der Waals surface area contributed by atoms with Crippen molar-refractivity contribution < 1.29 is 4.52 Å². The molecule has 2 rings (SSSR count). The number of hydrogen-bond acceptors (Lipinski definition) is 4. The molecule has 0 fully saturated rings. The molecule has 1 N–H and O–H groups in total. The first-order chi connectivity index (χ1) is 7.26. The number of anilines is 1. The van der Waals surface area contributed by atoms with Crippen LogP contribution in [0.5, 0.6) is 0 Å². The molecule has 1 aromatic carbocycles. The van der Waals surface area contributed by atoms with Crippen molar-refractivity contribution in [3.05, 3.63) is 34.3 Å². The Bertz CT molecular complexity index is 546. The fourth-order valence-corrected chi connectivity index (χ4v) is 1.57. The normalized spacial score (nSPS) is 10.5. The Balaban J connectivity index is 2.83. The molecule has 0 spiro atoms. The smallest absolute Gasteiger partial charge is 0.366 e. The number of benzene rings is 1. The minimum Gasteiger partial charge on any atom is -0.388 e. The van der Waals surface area contributed by atoms with E-state index in [1.54, 1.807) is 6.07 Å². The lowest BCUT2D eigenvalue weighted by Gasteiger charge is -2.03. The number of aryl methyl sites for hydroxylation is 1. The summed E-state index contributed by atoms with van der Waals surface area (Å²) in [5, 5.41) is 8.26. The van der Waals surface area contributed by atoms with Gasteiger partial charge in [0, 0.05) is 18.1 Å². The first-order valence-corrected chi connectivity index (χ1v) is 4.86. The van der Waals surface area contributed by atoms with Crippen molar-refractivity contribution in [2.45, 2.75) is 13.3 Å². The van der Waals surface area contributed by atoms with E-state index in [1.807, 2.05) is 26.1 Å². The largest absolute Gasteiger partial charge is 0.388 e. The Hall–Kier alpha value is -1.84. The molecule has 78 valence electrons. The fraction of sp³-hybridized carbons (Fsp3) is 0.273. The number of rotatable bonds is 2. The van der Waals surface area contributed by atoms with E-state index in [4.69, 9.17) is 4.52 Å². The molecule has 4 heteroatoms. The van der Waals surface area contributed by atoms with Crippen molar-refractivity contribution in [3.8, 4) is 0 Å². The monoisotopic (exact) mass is 204 g/mol. The summed E-state index contributed by atoms with van der Waals surface area (Å²) in [6, 6.07) is 5.52. The highest BCUT2D eigenvalue weighted by Crippen LogP contribution is 2.18. The number of hydrogen-bond donors (Lipinski definition) is 1. The highest BCUT2D eigenvalue weighted by molar-refractivity contribution is 5.86. The van der Waals surface area contributed by atoms with Crippen LogP contribution in [0.25, 0.3) is 10.8 Å². The standard InChI is InChI=1S/C11H12N2O2/c1-3-10-9-6-7(12-2)4-5-8(9)11(14)15-13-10/h4-6,12H,3H2,1-2H3. The van der Waals surface area contributed by atoms with Crippen LogP contribution in [0.4, 0.5) is 5.69 Å². The molecule has 0 saturated heterocycles. The van der Waals surface area contributed by atoms with Gasteiger partial charge in [0.25, 0.3) is 0 Å². The zero-order valence-electron chi connectivity index (χ0n) is 8.70. The van der Waals surface area contributed by atoms with Gasteiger partial charge in [-0.2, -0.15) is 0 Å². The highest BCUT2D eigenvalue weighted by atomic mass is 16.5. The van der Waals surface area contributed by atoms with Gasteiger partial charge < -0.3 is 9.84 Å². The maximum Gasteiger partial charge on any atom is 0.366 e. The molecule has 0 radical (unpaired) electrons. The van der Waals surface area contributed by atoms with E-state index in [9.17, 15) is 4.79 Å². The van der Waals surface area contributed by atoms with Gasteiger partial charge >= 0.3 is 5.63 Å². The summed E-state index contributed by atoms with van der Waals surface area (Å²) in [5.74, 6) is 0. The van der Waals surface area contributed by atoms with Gasteiger partial charge in [-0.1, -0.05) is 12.1 Å². The van der Waals surface area contributed by atoms with Gasteiger partial charge in [-0.3, -0.25) is 0 Å². The van der Waals surface area contributed by atoms with Gasteiger partial charge in [0.15, 0.2) is 0 Å². The molecule has 15 heavy (non-hydrogen) atoms. The summed E-state index contributed by atoms with van der Waals surface area (Å²) in [5.41, 5.74) is 1.39. The molecule has 0 aliphatic heterocycles. The summed E-state index contributed by atoms with van der Waals surface area (Å²) in [6.45, 7) is 1.98. The van der Waals surface area contributed by atoms with Crippen molar-refractivity contribution in [1.82, 2.24) is 5.16 Å². The molecule has 4 nitrogen and oxygen atoms in total. The number of aromatic nitrogens is 1. The fourth-order valence-electron chi connectivity index (χ4n) is 1.57. The Morgan fingerprint density at radius 1 is 1.40 bits per heavy atom. The maximum atomic E-state index is 11.4. The van der Waals surface area contributed by atoms with E-state index in [0.717, 1.165) is 23.2 Å². The van der Waals surface area contributed by atoms with Gasteiger partial charge in [0.2, 0.25) is 0 Å². The van der Waals surface area contributed by atoms with Gasteiger partial charge in [-0.15, -0.1) is 0 Å². The van der Waals surface area contributed by atoms with E-state index in [2.05, 4.69) is 10.5 Å². The SMILES string of the molecule is CCc1noc(=O)c2ccc(NC)cc12. The summed E-state index contributed by atoms with van der Waals surface area (Å²) in [7, 11) is 1.84. The van der Waals surface area contributed by atoms with Crippen LogP contribution in [0, 0.1) is 0 Å². The summed E-state index contributed by atoms with van der Waals surface area (Å²) < 4.78 is 4.71. The Kier molecular flexibility index (Phi) is 2.41. The van der Waals surface area contributed by atoms with Crippen molar-refractivity contribution in [2.24, 2.45) is 0 Å². The zero-order chi connectivity index (χ0) is 10.8. The molecule has 0 unspecified atom stereocenters. The lowest BCUT2D eigenvalue weighted by molar-refractivity contribution is 0.368. The summed E-state index contributed by atoms with van der Waals surface area (Å²) in [4.78, 5) is 11.4. The molecule has 1 heterocycles. The van der Waals surface area contributed by atoms with Crippen LogP contribution >= 0.6 is 0 Å². The first-order valence-electron chi connectivity index (χ1n) is 4.86. The van der Waals surface area contributed by atoms with Gasteiger partial charge in [0.05, 0.1) is 11.1 Å². The number of nitrogens with zero attached hydrogens (tertiary/aromatic N) is 1. The van der Waals surface area contributed by atoms with Crippen molar-refractivity contribution >= 4 is 16.5 Å². The van der Waals surface area contributed by atoms with Crippen LogP contribution in [0.15, 0.2) is 27.5 Å². The van der Waals surface area contributed by atoms with Crippen molar-refractivity contribution in [2.75, 3.05) is 12.4 Å². The summed E-state index contributed by atoms with van der Waals surface area (Å²) >= 11 is 0. The second-order valence-corrected chi connectivity index (χ2v) is 3.28. The van der Waals surface area contributed by atoms with Crippen LogP contribution in [-0.4, -0.2) is 12.2 Å². The minimum atomic E-state index is -0.384. The molecule has 0 atom stereocenters. The van der Waals surface area contributed by atoms with Crippen LogP contribution in [0.3, 0.4) is 0 Å². The molecule has 2 aromatic rings. The Morgan fingerprint density at radius 2 is 2.20 bits per heavy atom. The molecule has 0 saturated carbocycles. The van der Waals surface area contributed by atoms with E-state index in [1.165, 1.54) is 0 Å². The number of nitrogens with one attached hydrogen (secondary N) is 1. The van der Waals surface area contributed by atoms with Crippen LogP contribution in [-0.2, 0) is 6.42 Å². The third kappa shape index (κ3) is 1.58. The average molecular weight is 204 g/mol. The maximum absolute atomic E-state index is 11.4. The molecule has 0 aliphatic rings. The topological polar surface area (TPSA) is 55.1 Å². The van der Waals surface area contributed by atoms with Gasteiger partial charge in [0.1, 0.15) is 0 Å². The van der Waals surface area contributed by atoms with Crippen LogP contribution in [0.2, 0.25) is 0 Å². The van der Waals surface area contributed by atoms with E-state index >= 15 is 0 Å². The third-order valence-electron chi connectivity index (χ3n) is 2.41. The predicted molar refractivity (Wildman–Crippen MR) is 59.2 cm³/mol. The second kappa shape index (κ2) is 3.73. The quantitative estimate of drug-likeness (QED) is 0.810. The summed E-state index contributed by atoms with van der Waals surface area (Å²) in [6.07, 6.45) is 0.743. The van der Waals surface area contributed by atoms with E-state index < -0.39 is 0 Å². The van der Waals surface area contributed by atoms with Gasteiger partial charge in [-0.05, 0) is 24.6 Å². The average Bonchev–Trinajstić information content (AvgIpc) is 2.29. The minimum absolute atomic E-state index is 0.384. The molecular weight excluding hydrogens is 192 g/mol. The molecule has 0 amide bonds. The first kappa shape index (κ1) is 9.71. The molecule has 1 aromatic heterocycles. The Labute approximate surface area is 86.9 Å². The van der Waals surface area contributed by atoms with Crippen molar-refractivity contribution in [1.29, 1.82) is 0 Å². The lowest BCUT2D eigenvalue weighted by atomic mass is 10.1. The Morgan fingerprint density at radius 3 is 2.87 bits per heavy atom. The molecular formula is C11H12N2O2. The molecule has 0 bridgehead atoms. The highest BCUT2D eigenvalue weighted by Gasteiger charge is 2.06. The van der Waals surface area contributed by atoms with E-state index in [0.29, 0.717) is 5.39 Å². The zero-order valence-corrected chi connectivity index (χ0v) is 8.70. The van der Waals surface area contributed by atoms with Gasteiger partial charge in [-0.25, -0.2) is 4.79 Å². The van der Waals surface area contributed by atoms with Crippen molar-refractivity contribution in [3.63, 3.8) is 0 Å². The lowest BCUT2D eigenvalue weighted by Crippen LogP contribution is -2.04. The third-order valence-corrected chi connectivity index (χ3v) is 2.41. The van der Waals surface area contributed by atoms with Crippen LogP contribution in [0.1, 0.15) is 12.6 Å². The van der Waals surface area contributed by atoms with Crippen LogP contribution < -0.4 is 10.9 Å². The number of fused-ring (bicyclic) bond motifs is 1. The predicted octanol–water partition coefficient (Wildman–Crippen LogP) is 1.79. The molecule has 0 aliphatic carbocycles.